The zero-order valence-electron chi connectivity index (χ0n) is 23.4. The Morgan fingerprint density at radius 1 is 1.18 bits per heavy atom. The molecule has 1 fully saturated rings. The first-order valence-corrected chi connectivity index (χ1v) is 13.8. The molecule has 2 aliphatic heterocycles. The van der Waals surface area contributed by atoms with E-state index in [1.54, 1.807) is 17.2 Å². The number of anilines is 1. The van der Waals surface area contributed by atoms with Crippen molar-refractivity contribution < 1.29 is 19.1 Å². The molecule has 1 saturated heterocycles. The molecule has 2 aliphatic rings. The molecule has 0 aliphatic carbocycles. The molecule has 4 rings (SSSR count). The predicted molar refractivity (Wildman–Crippen MR) is 152 cm³/mol. The number of hydrogen-bond acceptors (Lipinski definition) is 7. The first-order chi connectivity index (χ1) is 18.5. The second-order valence-corrected chi connectivity index (χ2v) is 11.7. The summed E-state index contributed by atoms with van der Waals surface area (Å²) in [5, 5.41) is 3.25. The van der Waals surface area contributed by atoms with E-state index in [4.69, 9.17) is 21.1 Å². The van der Waals surface area contributed by atoms with Gasteiger partial charge in [-0.15, -0.1) is 0 Å². The highest BCUT2D eigenvalue weighted by Gasteiger charge is 2.26. The summed E-state index contributed by atoms with van der Waals surface area (Å²) in [6.07, 6.45) is 7.73. The summed E-state index contributed by atoms with van der Waals surface area (Å²) in [6.45, 7) is 9.76. The van der Waals surface area contributed by atoms with Crippen LogP contribution in [0.2, 0.25) is 5.02 Å². The normalized spacial score (nSPS) is 20.3. The summed E-state index contributed by atoms with van der Waals surface area (Å²) in [6, 6.07) is 5.86. The Labute approximate surface area is 235 Å². The van der Waals surface area contributed by atoms with Gasteiger partial charge in [0.05, 0.1) is 24.9 Å². The van der Waals surface area contributed by atoms with Crippen LogP contribution in [-0.2, 0) is 16.0 Å². The Morgan fingerprint density at radius 3 is 2.67 bits per heavy atom. The molecular formula is C29H38ClN5O4. The fourth-order valence-electron chi connectivity index (χ4n) is 4.61. The molecule has 2 aromatic heterocycles. The summed E-state index contributed by atoms with van der Waals surface area (Å²) in [5.41, 5.74) is 1.96. The average Bonchev–Trinajstić information content (AvgIpc) is 2.88. The third-order valence-electron chi connectivity index (χ3n) is 6.86. The van der Waals surface area contributed by atoms with Crippen LogP contribution < -0.4 is 10.1 Å². The maximum Gasteiger partial charge on any atom is 0.410 e. The number of halogens is 1. The SMILES string of the molecule is CC1CC(Oc2cc(NC(=O)Cc3ccc(C4=CCCN(C(=O)OC(C)(C)C)C4)nc3)ncc2Cl)CCN1C. The molecule has 0 radical (unpaired) electrons. The molecule has 2 aromatic rings. The Morgan fingerprint density at radius 2 is 1.97 bits per heavy atom. The topological polar surface area (TPSA) is 96.9 Å². The van der Waals surface area contributed by atoms with Crippen molar-refractivity contribution in [1.29, 1.82) is 0 Å². The predicted octanol–water partition coefficient (Wildman–Crippen LogP) is 5.20. The number of pyridine rings is 2. The first kappa shape index (κ1) is 28.8. The molecule has 2 atom stereocenters. The molecule has 10 heteroatoms. The summed E-state index contributed by atoms with van der Waals surface area (Å²) in [5.74, 6) is 0.696. The van der Waals surface area contributed by atoms with Gasteiger partial charge in [0, 0.05) is 31.4 Å². The number of ether oxygens (including phenoxy) is 2. The van der Waals surface area contributed by atoms with Crippen LogP contribution in [0.1, 0.15) is 58.2 Å². The molecule has 0 spiro atoms. The number of rotatable bonds is 6. The average molecular weight is 556 g/mol. The van der Waals surface area contributed by atoms with E-state index in [-0.39, 0.29) is 24.5 Å². The van der Waals surface area contributed by atoms with Crippen molar-refractivity contribution in [3.8, 4) is 5.75 Å². The van der Waals surface area contributed by atoms with Gasteiger partial charge in [0.25, 0.3) is 0 Å². The van der Waals surface area contributed by atoms with Crippen LogP contribution in [-0.4, -0.2) is 76.2 Å². The van der Waals surface area contributed by atoms with Gasteiger partial charge in [-0.2, -0.15) is 0 Å². The monoisotopic (exact) mass is 555 g/mol. The lowest BCUT2D eigenvalue weighted by molar-refractivity contribution is -0.115. The van der Waals surface area contributed by atoms with Crippen LogP contribution in [0.15, 0.2) is 36.7 Å². The minimum Gasteiger partial charge on any atom is -0.489 e. The molecule has 0 aromatic carbocycles. The van der Waals surface area contributed by atoms with E-state index in [0.717, 1.165) is 42.6 Å². The van der Waals surface area contributed by atoms with E-state index >= 15 is 0 Å². The van der Waals surface area contributed by atoms with Crippen molar-refractivity contribution in [2.24, 2.45) is 0 Å². The molecule has 39 heavy (non-hydrogen) atoms. The lowest BCUT2D eigenvalue weighted by Crippen LogP contribution is -2.41. The van der Waals surface area contributed by atoms with Gasteiger partial charge in [0.1, 0.15) is 28.3 Å². The van der Waals surface area contributed by atoms with E-state index in [1.165, 1.54) is 6.20 Å². The summed E-state index contributed by atoms with van der Waals surface area (Å²) < 4.78 is 11.7. The number of likely N-dealkylation sites (tertiary alicyclic amines) is 1. The highest BCUT2D eigenvalue weighted by Crippen LogP contribution is 2.30. The molecule has 2 unspecified atom stereocenters. The Hall–Kier alpha value is -3.17. The van der Waals surface area contributed by atoms with Crippen molar-refractivity contribution in [2.75, 3.05) is 32.0 Å². The van der Waals surface area contributed by atoms with E-state index in [2.05, 4.69) is 40.2 Å². The molecule has 9 nitrogen and oxygen atoms in total. The Bertz CT molecular complexity index is 1210. The van der Waals surface area contributed by atoms with Gasteiger partial charge in [0.15, 0.2) is 0 Å². The van der Waals surface area contributed by atoms with E-state index in [0.29, 0.717) is 35.7 Å². The van der Waals surface area contributed by atoms with Crippen molar-refractivity contribution in [3.63, 3.8) is 0 Å². The molecular weight excluding hydrogens is 518 g/mol. The van der Waals surface area contributed by atoms with Gasteiger partial charge < -0.3 is 24.6 Å². The van der Waals surface area contributed by atoms with Gasteiger partial charge in [-0.05, 0) is 71.2 Å². The van der Waals surface area contributed by atoms with E-state index in [9.17, 15) is 9.59 Å². The fraction of sp³-hybridized carbons (Fsp3) is 0.517. The van der Waals surface area contributed by atoms with Crippen LogP contribution >= 0.6 is 11.6 Å². The quantitative estimate of drug-likeness (QED) is 0.523. The summed E-state index contributed by atoms with van der Waals surface area (Å²) >= 11 is 6.33. The van der Waals surface area contributed by atoms with Crippen molar-refractivity contribution in [2.45, 2.75) is 71.1 Å². The van der Waals surface area contributed by atoms with Gasteiger partial charge in [-0.1, -0.05) is 23.7 Å². The van der Waals surface area contributed by atoms with Gasteiger partial charge >= 0.3 is 6.09 Å². The maximum absolute atomic E-state index is 12.7. The van der Waals surface area contributed by atoms with Crippen molar-refractivity contribution in [1.82, 2.24) is 19.8 Å². The molecule has 2 amide bonds. The number of aromatic nitrogens is 2. The van der Waals surface area contributed by atoms with Crippen LogP contribution in [0, 0.1) is 0 Å². The largest absolute Gasteiger partial charge is 0.489 e. The summed E-state index contributed by atoms with van der Waals surface area (Å²) in [4.78, 5) is 38.0. The van der Waals surface area contributed by atoms with Gasteiger partial charge in [0.2, 0.25) is 5.91 Å². The highest BCUT2D eigenvalue weighted by molar-refractivity contribution is 6.32. The molecule has 210 valence electrons. The second kappa shape index (κ2) is 12.3. The summed E-state index contributed by atoms with van der Waals surface area (Å²) in [7, 11) is 2.12. The number of piperidine rings is 1. The maximum atomic E-state index is 12.7. The Balaban J connectivity index is 1.32. The lowest BCUT2D eigenvalue weighted by atomic mass is 10.0. The van der Waals surface area contributed by atoms with Crippen LogP contribution in [0.25, 0.3) is 5.57 Å². The van der Waals surface area contributed by atoms with E-state index < -0.39 is 5.60 Å². The third kappa shape index (κ3) is 8.16. The van der Waals surface area contributed by atoms with E-state index in [1.807, 2.05) is 32.9 Å². The highest BCUT2D eigenvalue weighted by atomic mass is 35.5. The van der Waals surface area contributed by atoms with Crippen molar-refractivity contribution in [3.05, 3.63) is 52.9 Å². The van der Waals surface area contributed by atoms with Crippen molar-refractivity contribution >= 4 is 35.0 Å². The molecule has 0 saturated carbocycles. The number of carbonyl (C=O) groups is 2. The minimum absolute atomic E-state index is 0.0692. The number of nitrogens with one attached hydrogen (secondary N) is 1. The smallest absolute Gasteiger partial charge is 0.410 e. The number of carbonyl (C=O) groups excluding carboxylic acids is 2. The lowest BCUT2D eigenvalue weighted by Gasteiger charge is -2.35. The van der Waals surface area contributed by atoms with Crippen LogP contribution in [0.5, 0.6) is 5.75 Å². The number of amides is 2. The Kier molecular flexibility index (Phi) is 9.12. The minimum atomic E-state index is -0.541. The fourth-order valence-corrected chi connectivity index (χ4v) is 4.76. The number of hydrogen-bond donors (Lipinski definition) is 1. The first-order valence-electron chi connectivity index (χ1n) is 13.4. The molecule has 4 heterocycles. The number of nitrogens with zero attached hydrogens (tertiary/aromatic N) is 4. The zero-order valence-corrected chi connectivity index (χ0v) is 24.1. The standard InChI is InChI=1S/C29H38ClN5O4/c1-19-13-22(10-12-34(19)5)38-25-15-26(32-17-23(25)30)33-27(36)14-20-8-9-24(31-16-20)21-7-6-11-35(18-21)28(37)39-29(2,3)4/h7-9,15-17,19,22H,6,10-14,18H2,1-5H3,(H,32,33,36). The van der Waals surface area contributed by atoms with Crippen LogP contribution in [0.4, 0.5) is 10.6 Å². The zero-order chi connectivity index (χ0) is 28.2. The van der Waals surface area contributed by atoms with Gasteiger partial charge in [-0.3, -0.25) is 9.78 Å². The van der Waals surface area contributed by atoms with Crippen LogP contribution in [0.3, 0.4) is 0 Å². The second-order valence-electron chi connectivity index (χ2n) is 11.3. The third-order valence-corrected chi connectivity index (χ3v) is 7.15. The molecule has 0 bridgehead atoms. The molecule has 1 N–H and O–H groups in total. The van der Waals surface area contributed by atoms with Gasteiger partial charge in [-0.25, -0.2) is 9.78 Å².